The highest BCUT2D eigenvalue weighted by Crippen LogP contribution is 2.21. The minimum atomic E-state index is -0.483. The molecule has 2 heterocycles. The Morgan fingerprint density at radius 1 is 1.11 bits per heavy atom. The van der Waals surface area contributed by atoms with Crippen LogP contribution in [0.1, 0.15) is 21.6 Å². The molecule has 0 saturated carbocycles. The molecule has 94 valence electrons. The van der Waals surface area contributed by atoms with Crippen molar-refractivity contribution in [3.63, 3.8) is 0 Å². The number of benzene rings is 1. The molecular formula is C16H12FNO. The lowest BCUT2D eigenvalue weighted by molar-refractivity contribution is 0.102. The highest BCUT2D eigenvalue weighted by Gasteiger charge is 2.19. The Morgan fingerprint density at radius 2 is 1.84 bits per heavy atom. The molecule has 0 atom stereocenters. The van der Waals surface area contributed by atoms with E-state index in [4.69, 9.17) is 0 Å². The molecule has 0 spiro atoms. The van der Waals surface area contributed by atoms with E-state index in [-0.39, 0.29) is 11.5 Å². The minimum Gasteiger partial charge on any atom is -0.311 e. The van der Waals surface area contributed by atoms with Crippen LogP contribution in [-0.4, -0.2) is 10.2 Å². The van der Waals surface area contributed by atoms with E-state index in [1.807, 2.05) is 25.1 Å². The molecule has 0 amide bonds. The van der Waals surface area contributed by atoms with Crippen LogP contribution in [0.15, 0.2) is 54.7 Å². The molecule has 0 aliphatic carbocycles. The summed E-state index contributed by atoms with van der Waals surface area (Å²) in [6.45, 7) is 1.89. The molecule has 3 rings (SSSR count). The van der Waals surface area contributed by atoms with Crippen LogP contribution in [0.4, 0.5) is 4.39 Å². The first-order valence-electron chi connectivity index (χ1n) is 6.04. The molecule has 3 heteroatoms. The van der Waals surface area contributed by atoms with Crippen molar-refractivity contribution in [3.05, 3.63) is 77.4 Å². The lowest BCUT2D eigenvalue weighted by Crippen LogP contribution is -2.07. The number of ketones is 1. The first-order chi connectivity index (χ1) is 9.18. The molecule has 0 aliphatic heterocycles. The maximum Gasteiger partial charge on any atom is 0.212 e. The largest absolute Gasteiger partial charge is 0.311 e. The molecule has 2 nitrogen and oxygen atoms in total. The van der Waals surface area contributed by atoms with E-state index in [9.17, 15) is 9.18 Å². The van der Waals surface area contributed by atoms with Gasteiger partial charge in [0.05, 0.1) is 5.52 Å². The topological polar surface area (TPSA) is 21.5 Å². The van der Waals surface area contributed by atoms with Gasteiger partial charge in [0, 0.05) is 17.8 Å². The van der Waals surface area contributed by atoms with E-state index >= 15 is 0 Å². The molecule has 0 aliphatic rings. The summed E-state index contributed by atoms with van der Waals surface area (Å²) in [7, 11) is 0. The first kappa shape index (κ1) is 11.7. The van der Waals surface area contributed by atoms with E-state index in [2.05, 4.69) is 0 Å². The summed E-state index contributed by atoms with van der Waals surface area (Å²) in [6, 6.07) is 13.9. The number of fused-ring (bicyclic) bond motifs is 1. The van der Waals surface area contributed by atoms with Crippen LogP contribution in [0.3, 0.4) is 0 Å². The van der Waals surface area contributed by atoms with Gasteiger partial charge in [-0.15, -0.1) is 0 Å². The van der Waals surface area contributed by atoms with Crippen molar-refractivity contribution in [2.24, 2.45) is 0 Å². The van der Waals surface area contributed by atoms with Crippen LogP contribution in [0.2, 0.25) is 0 Å². The van der Waals surface area contributed by atoms with E-state index in [1.54, 1.807) is 34.9 Å². The zero-order chi connectivity index (χ0) is 13.4. The van der Waals surface area contributed by atoms with E-state index in [0.717, 1.165) is 11.1 Å². The van der Waals surface area contributed by atoms with Crippen molar-refractivity contribution < 1.29 is 9.18 Å². The lowest BCUT2D eigenvalue weighted by Gasteiger charge is -2.04. The van der Waals surface area contributed by atoms with Gasteiger partial charge in [0.1, 0.15) is 5.69 Å². The second kappa shape index (κ2) is 4.35. The fourth-order valence-corrected chi connectivity index (χ4v) is 2.26. The number of halogens is 1. The molecule has 1 aromatic carbocycles. The average molecular weight is 253 g/mol. The number of rotatable bonds is 2. The number of nitrogens with zero attached hydrogens (tertiary/aromatic N) is 1. The Hall–Kier alpha value is -2.42. The molecule has 0 N–H and O–H groups in total. The van der Waals surface area contributed by atoms with Gasteiger partial charge in [-0.2, -0.15) is 0 Å². The smallest absolute Gasteiger partial charge is 0.212 e. The number of pyridine rings is 1. The molecular weight excluding hydrogens is 241 g/mol. The Morgan fingerprint density at radius 3 is 2.58 bits per heavy atom. The number of carbonyl (C=O) groups excluding carboxylic acids is 1. The second-order valence-corrected chi connectivity index (χ2v) is 4.48. The summed E-state index contributed by atoms with van der Waals surface area (Å²) in [5.41, 5.74) is 2.24. The minimum absolute atomic E-state index is 0.0879. The van der Waals surface area contributed by atoms with Crippen LogP contribution >= 0.6 is 0 Å². The third-order valence-electron chi connectivity index (χ3n) is 3.23. The highest BCUT2D eigenvalue weighted by atomic mass is 19.1. The number of carbonyl (C=O) groups is 1. The predicted molar refractivity (Wildman–Crippen MR) is 72.0 cm³/mol. The summed E-state index contributed by atoms with van der Waals surface area (Å²) in [4.78, 5) is 12.4. The Bertz CT molecular complexity index is 759. The molecule has 3 aromatic rings. The number of hydrogen-bond donors (Lipinski definition) is 0. The fourth-order valence-electron chi connectivity index (χ4n) is 2.26. The van der Waals surface area contributed by atoms with Crippen molar-refractivity contribution in [2.75, 3.05) is 0 Å². The summed E-state index contributed by atoms with van der Waals surface area (Å²) >= 11 is 0. The van der Waals surface area contributed by atoms with Gasteiger partial charge < -0.3 is 4.40 Å². The molecule has 0 unspecified atom stereocenters. The Balaban J connectivity index is 2.24. The molecule has 0 radical (unpaired) electrons. The van der Waals surface area contributed by atoms with Crippen LogP contribution in [0.5, 0.6) is 0 Å². The van der Waals surface area contributed by atoms with Crippen LogP contribution in [0, 0.1) is 12.7 Å². The highest BCUT2D eigenvalue weighted by molar-refractivity contribution is 6.08. The Kier molecular flexibility index (Phi) is 2.67. The normalized spacial score (nSPS) is 10.8. The standard InChI is InChI=1S/C16H12FNO/c1-11-6-5-9-18-14(11)10-13(17)15(18)16(19)12-7-3-2-4-8-12/h2-10H,1H3. The summed E-state index contributed by atoms with van der Waals surface area (Å²) in [6.07, 6.45) is 1.71. The van der Waals surface area contributed by atoms with Crippen molar-refractivity contribution in [1.29, 1.82) is 0 Å². The Labute approximate surface area is 110 Å². The van der Waals surface area contributed by atoms with E-state index < -0.39 is 5.82 Å². The van der Waals surface area contributed by atoms with Crippen molar-refractivity contribution in [1.82, 2.24) is 4.40 Å². The summed E-state index contributed by atoms with van der Waals surface area (Å²) in [5, 5.41) is 0. The van der Waals surface area contributed by atoms with Crippen molar-refractivity contribution in [3.8, 4) is 0 Å². The van der Waals surface area contributed by atoms with Gasteiger partial charge in [-0.1, -0.05) is 36.4 Å². The summed E-state index contributed by atoms with van der Waals surface area (Å²) < 4.78 is 15.7. The van der Waals surface area contributed by atoms with Gasteiger partial charge in [0.25, 0.3) is 0 Å². The molecule has 2 aromatic heterocycles. The van der Waals surface area contributed by atoms with Crippen LogP contribution in [0.25, 0.3) is 5.52 Å². The monoisotopic (exact) mass is 253 g/mol. The van der Waals surface area contributed by atoms with Crippen LogP contribution in [-0.2, 0) is 0 Å². The van der Waals surface area contributed by atoms with E-state index in [1.165, 1.54) is 6.07 Å². The predicted octanol–water partition coefficient (Wildman–Crippen LogP) is 3.62. The third kappa shape index (κ3) is 1.83. The number of aromatic nitrogens is 1. The lowest BCUT2D eigenvalue weighted by atomic mass is 10.1. The average Bonchev–Trinajstić information content (AvgIpc) is 2.77. The van der Waals surface area contributed by atoms with Gasteiger partial charge >= 0.3 is 0 Å². The number of hydrogen-bond acceptors (Lipinski definition) is 1. The quantitative estimate of drug-likeness (QED) is 0.639. The SMILES string of the molecule is Cc1cccn2c(C(=O)c3ccccc3)c(F)cc12. The van der Waals surface area contributed by atoms with E-state index in [0.29, 0.717) is 5.56 Å². The third-order valence-corrected chi connectivity index (χ3v) is 3.23. The van der Waals surface area contributed by atoms with Crippen molar-refractivity contribution in [2.45, 2.75) is 6.92 Å². The zero-order valence-corrected chi connectivity index (χ0v) is 10.4. The summed E-state index contributed by atoms with van der Waals surface area (Å²) in [5.74, 6) is -0.785. The maximum atomic E-state index is 14.1. The zero-order valence-electron chi connectivity index (χ0n) is 10.4. The van der Waals surface area contributed by atoms with Crippen LogP contribution < -0.4 is 0 Å². The van der Waals surface area contributed by atoms with Gasteiger partial charge in [0.15, 0.2) is 5.82 Å². The van der Waals surface area contributed by atoms with Gasteiger partial charge in [-0.25, -0.2) is 4.39 Å². The first-order valence-corrected chi connectivity index (χ1v) is 6.04. The second-order valence-electron chi connectivity index (χ2n) is 4.48. The fraction of sp³-hybridized carbons (Fsp3) is 0.0625. The number of aryl methyl sites for hydroxylation is 1. The molecule has 0 fully saturated rings. The molecule has 0 bridgehead atoms. The maximum absolute atomic E-state index is 14.1. The molecule has 0 saturated heterocycles. The van der Waals surface area contributed by atoms with Crippen molar-refractivity contribution >= 4 is 11.3 Å². The van der Waals surface area contributed by atoms with Gasteiger partial charge in [0.2, 0.25) is 5.78 Å². The van der Waals surface area contributed by atoms with Gasteiger partial charge in [-0.3, -0.25) is 4.79 Å². The van der Waals surface area contributed by atoms with Gasteiger partial charge in [-0.05, 0) is 18.6 Å². The molecule has 19 heavy (non-hydrogen) atoms.